The Balaban J connectivity index is 0.000000514. The Labute approximate surface area is 482 Å². The number of nitrogens with zero attached hydrogens (tertiary/aromatic N) is 4. The van der Waals surface area contributed by atoms with E-state index in [1.807, 2.05) is 37.3 Å². The number of aryl methyl sites for hydroxylation is 3. The summed E-state index contributed by atoms with van der Waals surface area (Å²) < 4.78 is 37.4. The number of rotatable bonds is 6. The SMILES string of the molecule is C/C=C\N(C(C)=O)c1cc[c-]c(C)c1F.CC(=Nc1cc(C)c(F)c(C)c1)C1=C(N)CCN(C(=O)c2cc3ccccc3[nH]2)C1.CC1(C)CCCCO1.CC1CC1c1noc(=O)[nH]1.CCC.C[NH-].[CH-]1CC1.[K+].[SH-]. The minimum atomic E-state index is -0.450. The van der Waals surface area contributed by atoms with Gasteiger partial charge in [-0.3, -0.25) is 28.5 Å². The zero-order valence-electron chi connectivity index (χ0n) is 45.5. The van der Waals surface area contributed by atoms with Crippen LogP contribution in [0.2, 0.25) is 0 Å². The van der Waals surface area contributed by atoms with Gasteiger partial charge in [0.2, 0.25) is 5.91 Å². The van der Waals surface area contributed by atoms with E-state index >= 15 is 0 Å². The van der Waals surface area contributed by atoms with Gasteiger partial charge in [-0.05, 0) is 114 Å². The minimum Gasteiger partial charge on any atom is -0.813 e. The van der Waals surface area contributed by atoms with E-state index in [1.165, 1.54) is 63.5 Å². The molecule has 1 saturated heterocycles. The van der Waals surface area contributed by atoms with Crippen LogP contribution in [0, 0.1) is 50.8 Å². The quantitative estimate of drug-likeness (QED) is 0.0493. The predicted molar refractivity (Wildman–Crippen MR) is 293 cm³/mol. The third kappa shape index (κ3) is 22.3. The van der Waals surface area contributed by atoms with Crippen LogP contribution in [0.4, 0.5) is 20.2 Å². The van der Waals surface area contributed by atoms with Crippen LogP contribution in [0.15, 0.2) is 92.5 Å². The van der Waals surface area contributed by atoms with Crippen LogP contribution in [0.1, 0.15) is 146 Å². The standard InChI is InChI=1S/C24H25FN4O.C12H13FNO.C7H14O.C6H8N2O2.C3H5.C3H8.CH4N.K.H2S/c1-14-10-18(11-15(2)23(14)25)27-16(3)19-13-29(9-8-20(19)26)24(30)22-12-17-6-4-5-7-21(17)28-22;1-4-8-14(10(3)15)11-7-5-6-9(2)12(11)13;1-7(2)5-3-4-6-8-7;1-3-2-4(3)5-7-6(9)10-8-5;1-2-3-1;1-3-2;1-2;;/h4-7,10-12,28H,8-9,13,26H2,1-3H3;4-5,7-8H,1-3H3;3-6H2,1-2H3;3-4H,2H2,1H3,(H,7,8,9);1H,2-3H2;3H2,1-2H3;2H,1H3;;1H2/q;-1;;;-1;;-1;+1;/p-1/b;8-4-;;;;;;;. The van der Waals surface area contributed by atoms with E-state index in [1.54, 1.807) is 63.1 Å². The smallest absolute Gasteiger partial charge is 0.813 e. The van der Waals surface area contributed by atoms with Crippen molar-refractivity contribution in [1.82, 2.24) is 20.0 Å². The summed E-state index contributed by atoms with van der Waals surface area (Å²) >= 11 is 0. The van der Waals surface area contributed by atoms with Gasteiger partial charge in [0.05, 0.1) is 11.3 Å². The molecule has 2 atom stereocenters. The number of carbonyl (C=O) groups excluding carboxylic acids is 2. The van der Waals surface area contributed by atoms with Gasteiger partial charge in [-0.25, -0.2) is 22.0 Å². The first kappa shape index (κ1) is 66.8. The maximum Gasteiger partial charge on any atom is 1.00 e. The molecule has 5 N–H and O–H groups in total. The summed E-state index contributed by atoms with van der Waals surface area (Å²) in [5.41, 5.74) is 18.5. The number of ether oxygens (including phenoxy) is 1. The van der Waals surface area contributed by atoms with Crippen LogP contribution in [0.25, 0.3) is 16.6 Å². The fourth-order valence-electron chi connectivity index (χ4n) is 7.35. The molecule has 0 radical (unpaired) electrons. The van der Waals surface area contributed by atoms with Crippen molar-refractivity contribution in [3.05, 3.63) is 147 Å². The molecule has 17 heteroatoms. The number of halogens is 2. The number of para-hydroxylation sites is 1. The number of aliphatic imine (C=N–C) groups is 1. The molecule has 0 spiro atoms. The summed E-state index contributed by atoms with van der Waals surface area (Å²) in [4.78, 5) is 48.3. The van der Waals surface area contributed by atoms with Crippen molar-refractivity contribution >= 4 is 53.3 Å². The maximum absolute atomic E-state index is 13.9. The second-order valence-corrected chi connectivity index (χ2v) is 18.5. The number of anilines is 1. The van der Waals surface area contributed by atoms with Gasteiger partial charge in [-0.15, -0.1) is 11.6 Å². The summed E-state index contributed by atoms with van der Waals surface area (Å²) in [5.74, 6) is 0.442. The molecule has 0 bridgehead atoms. The topological polar surface area (TPSA) is 187 Å². The molecule has 4 aliphatic rings. The Morgan fingerprint density at radius 3 is 2.14 bits per heavy atom. The molecule has 13 nitrogen and oxygen atoms in total. The van der Waals surface area contributed by atoms with Gasteiger partial charge in [-0.1, -0.05) is 63.5 Å². The van der Waals surface area contributed by atoms with Crippen molar-refractivity contribution in [3.8, 4) is 0 Å². The normalized spacial score (nSPS) is 17.0. The molecule has 3 fully saturated rings. The van der Waals surface area contributed by atoms with Crippen LogP contribution in [0.3, 0.4) is 0 Å². The number of hydrogen-bond acceptors (Lipinski definition) is 9. The van der Waals surface area contributed by atoms with Crippen LogP contribution < -0.4 is 67.8 Å². The summed E-state index contributed by atoms with van der Waals surface area (Å²) in [6, 6.07) is 19.0. The van der Waals surface area contributed by atoms with Crippen LogP contribution in [-0.4, -0.2) is 69.9 Å². The second-order valence-electron chi connectivity index (χ2n) is 18.5. The molecule has 9 rings (SSSR count). The van der Waals surface area contributed by atoms with Crippen molar-refractivity contribution in [2.45, 2.75) is 139 Å². The van der Waals surface area contributed by atoms with Crippen LogP contribution in [-0.2, 0) is 23.0 Å². The van der Waals surface area contributed by atoms with Crippen LogP contribution >= 0.6 is 0 Å². The van der Waals surface area contributed by atoms with E-state index < -0.39 is 11.6 Å². The van der Waals surface area contributed by atoms with Gasteiger partial charge < -0.3 is 50.9 Å². The molecule has 4 heterocycles. The number of benzene rings is 3. The van der Waals surface area contributed by atoms with E-state index in [-0.39, 0.29) is 93.8 Å². The van der Waals surface area contributed by atoms with Crippen molar-refractivity contribution in [3.63, 3.8) is 0 Å². The van der Waals surface area contributed by atoms with Gasteiger partial charge in [0.15, 0.2) is 5.82 Å². The molecule has 2 saturated carbocycles. The van der Waals surface area contributed by atoms with Gasteiger partial charge in [0.25, 0.3) is 5.91 Å². The van der Waals surface area contributed by atoms with Crippen molar-refractivity contribution in [1.29, 1.82) is 0 Å². The summed E-state index contributed by atoms with van der Waals surface area (Å²) in [6.45, 7) is 22.7. The predicted octanol–water partition coefficient (Wildman–Crippen LogP) is 9.85. The van der Waals surface area contributed by atoms with E-state index in [0.29, 0.717) is 65.2 Å². The van der Waals surface area contributed by atoms with Crippen LogP contribution in [0.5, 0.6) is 0 Å². The molecule has 396 valence electrons. The van der Waals surface area contributed by atoms with Crippen molar-refractivity contribution in [2.24, 2.45) is 16.6 Å². The average Bonchev–Trinajstić information content (AvgIpc) is 4.27. The number of allylic oxidation sites excluding steroid dienone is 1. The summed E-state index contributed by atoms with van der Waals surface area (Å²) in [6.07, 6.45) is 15.0. The van der Waals surface area contributed by atoms with E-state index in [0.717, 1.165) is 40.9 Å². The van der Waals surface area contributed by atoms with E-state index in [9.17, 15) is 23.2 Å². The number of carbonyl (C=O) groups is 2. The Morgan fingerprint density at radius 1 is 1.04 bits per heavy atom. The molecular formula is C56H78F2KN8O5S-3. The number of nitrogens with one attached hydrogen (secondary N) is 3. The van der Waals surface area contributed by atoms with E-state index in [2.05, 4.69) is 71.7 Å². The van der Waals surface area contributed by atoms with Gasteiger partial charge in [-0.2, -0.15) is 19.2 Å². The van der Waals surface area contributed by atoms with Gasteiger partial charge in [0, 0.05) is 78.9 Å². The van der Waals surface area contributed by atoms with Crippen molar-refractivity contribution in [2.75, 3.05) is 31.6 Å². The Hall–Kier alpha value is -4.20. The zero-order valence-corrected chi connectivity index (χ0v) is 49.5. The summed E-state index contributed by atoms with van der Waals surface area (Å²) in [5, 5.41) is 4.59. The second kappa shape index (κ2) is 33.7. The minimum absolute atomic E-state index is 0. The molecular weight excluding hydrogens is 974 g/mol. The number of fused-ring (bicyclic) bond motifs is 1. The Kier molecular flexibility index (Phi) is 30.8. The fourth-order valence-corrected chi connectivity index (χ4v) is 7.35. The fraction of sp³-hybridized carbons (Fsp3) is 0.464. The Morgan fingerprint density at radius 2 is 1.66 bits per heavy atom. The number of hydrogen-bond donors (Lipinski definition) is 3. The number of aromatic amines is 2. The molecule has 2 unspecified atom stereocenters. The molecule has 2 aromatic heterocycles. The van der Waals surface area contributed by atoms with Crippen molar-refractivity contribution < 1.29 is 79.0 Å². The zero-order chi connectivity index (χ0) is 52.8. The number of thiol groups is 1. The van der Waals surface area contributed by atoms with E-state index in [4.69, 9.17) is 16.2 Å². The number of aromatic nitrogens is 3. The molecule has 2 aliphatic carbocycles. The first-order chi connectivity index (χ1) is 33.8. The first-order valence-corrected chi connectivity index (χ1v) is 24.6. The first-order valence-electron chi connectivity index (χ1n) is 24.6. The number of amides is 2. The average molecular weight is 1050 g/mol. The maximum atomic E-state index is 13.9. The Bertz CT molecular complexity index is 2570. The number of H-pyrrole nitrogens is 2. The molecule has 5 aromatic rings. The van der Waals surface area contributed by atoms with Gasteiger partial charge in [0.1, 0.15) is 11.5 Å². The molecule has 3 aromatic carbocycles. The number of nitrogens with two attached hydrogens (primary N) is 1. The van der Waals surface area contributed by atoms with Gasteiger partial charge >= 0.3 is 57.1 Å². The summed E-state index contributed by atoms with van der Waals surface area (Å²) in [7, 11) is 1.25. The molecule has 2 amide bonds. The molecule has 2 aliphatic heterocycles. The molecule has 73 heavy (non-hydrogen) atoms. The third-order valence-corrected chi connectivity index (χ3v) is 11.5. The monoisotopic (exact) mass is 1050 g/mol. The largest absolute Gasteiger partial charge is 1.00 e. The third-order valence-electron chi connectivity index (χ3n) is 11.5.